The highest BCUT2D eigenvalue weighted by molar-refractivity contribution is 7.90. The molecule has 0 amide bonds. The van der Waals surface area contributed by atoms with E-state index < -0.39 is 15.8 Å². The van der Waals surface area contributed by atoms with Crippen LogP contribution >= 0.6 is 0 Å². The van der Waals surface area contributed by atoms with Gasteiger partial charge in [-0.3, -0.25) is 4.98 Å². The largest absolute Gasteiger partial charge is 0.368 e. The highest BCUT2D eigenvalue weighted by atomic mass is 32.2. The zero-order valence-corrected chi connectivity index (χ0v) is 20.9. The predicted octanol–water partition coefficient (Wildman–Crippen LogP) is 4.15. The summed E-state index contributed by atoms with van der Waals surface area (Å²) in [6.45, 7) is 1.99. The standard InChI is InChI=1S/C26H25FN6O2S/c1-19-7-6-8-20(15-19)16-26-30-25(13-10-21-9-4-5-14-28-21)31-33(26)24-12-11-22(17-23(24)27)36(34,35)29-18-32(2)3/h4-15,17-18H,16H2,1-3H3. The fourth-order valence-electron chi connectivity index (χ4n) is 3.42. The van der Waals surface area contributed by atoms with E-state index in [0.29, 0.717) is 18.1 Å². The van der Waals surface area contributed by atoms with Gasteiger partial charge in [-0.25, -0.2) is 14.1 Å². The maximum atomic E-state index is 15.3. The van der Waals surface area contributed by atoms with Crippen LogP contribution < -0.4 is 0 Å². The van der Waals surface area contributed by atoms with Crippen LogP contribution in [-0.4, -0.2) is 53.5 Å². The second-order valence-corrected chi connectivity index (χ2v) is 9.96. The second kappa shape index (κ2) is 10.6. The lowest BCUT2D eigenvalue weighted by molar-refractivity contribution is 0.585. The zero-order valence-electron chi connectivity index (χ0n) is 20.1. The minimum atomic E-state index is -4.05. The molecule has 8 nitrogen and oxygen atoms in total. The molecule has 0 spiro atoms. The highest BCUT2D eigenvalue weighted by Crippen LogP contribution is 2.22. The van der Waals surface area contributed by atoms with E-state index in [1.165, 1.54) is 21.7 Å². The van der Waals surface area contributed by atoms with Crippen LogP contribution in [0.1, 0.15) is 28.5 Å². The summed E-state index contributed by atoms with van der Waals surface area (Å²) in [6, 6.07) is 17.1. The normalized spacial score (nSPS) is 12.0. The van der Waals surface area contributed by atoms with Gasteiger partial charge in [-0.05, 0) is 55.0 Å². The van der Waals surface area contributed by atoms with E-state index in [0.717, 1.165) is 29.2 Å². The topological polar surface area (TPSA) is 93.3 Å². The molecule has 0 atom stereocenters. The SMILES string of the molecule is Cc1cccc(Cc2nc(C=Cc3ccccn3)nn2-c2ccc(S(=O)(=O)N=CN(C)C)cc2F)c1. The third-order valence-electron chi connectivity index (χ3n) is 5.09. The zero-order chi connectivity index (χ0) is 25.7. The molecule has 10 heteroatoms. The van der Waals surface area contributed by atoms with Crippen molar-refractivity contribution in [1.29, 1.82) is 0 Å². The molecule has 4 rings (SSSR count). The van der Waals surface area contributed by atoms with Crippen LogP contribution in [0.2, 0.25) is 0 Å². The summed E-state index contributed by atoms with van der Waals surface area (Å²) in [5, 5.41) is 4.49. The Bertz CT molecular complexity index is 1530. The van der Waals surface area contributed by atoms with Gasteiger partial charge in [-0.2, -0.15) is 8.42 Å². The van der Waals surface area contributed by atoms with Gasteiger partial charge in [0.25, 0.3) is 10.0 Å². The molecule has 0 saturated carbocycles. The summed E-state index contributed by atoms with van der Waals surface area (Å²) in [5.41, 5.74) is 2.89. The van der Waals surface area contributed by atoms with Crippen molar-refractivity contribution in [3.05, 3.63) is 101 Å². The number of sulfonamides is 1. The van der Waals surface area contributed by atoms with E-state index in [2.05, 4.69) is 19.5 Å². The lowest BCUT2D eigenvalue weighted by Crippen LogP contribution is -2.11. The van der Waals surface area contributed by atoms with E-state index in [1.807, 2.05) is 49.4 Å². The van der Waals surface area contributed by atoms with Gasteiger partial charge < -0.3 is 4.90 Å². The van der Waals surface area contributed by atoms with Crippen LogP contribution in [0, 0.1) is 12.7 Å². The van der Waals surface area contributed by atoms with Gasteiger partial charge in [-0.15, -0.1) is 9.50 Å². The van der Waals surface area contributed by atoms with Gasteiger partial charge in [0.2, 0.25) is 0 Å². The maximum Gasteiger partial charge on any atom is 0.283 e. The Morgan fingerprint density at radius 3 is 2.58 bits per heavy atom. The van der Waals surface area contributed by atoms with Crippen molar-refractivity contribution in [2.24, 2.45) is 4.40 Å². The summed E-state index contributed by atoms with van der Waals surface area (Å²) < 4.78 is 45.1. The molecule has 4 aromatic rings. The van der Waals surface area contributed by atoms with Crippen molar-refractivity contribution < 1.29 is 12.8 Å². The molecular weight excluding hydrogens is 479 g/mol. The molecule has 2 aromatic heterocycles. The molecule has 184 valence electrons. The lowest BCUT2D eigenvalue weighted by atomic mass is 10.1. The molecule has 0 bridgehead atoms. The molecular formula is C26H25FN6O2S. The van der Waals surface area contributed by atoms with Crippen molar-refractivity contribution in [1.82, 2.24) is 24.6 Å². The summed E-state index contributed by atoms with van der Waals surface area (Å²) >= 11 is 0. The summed E-state index contributed by atoms with van der Waals surface area (Å²) in [6.07, 6.45) is 6.70. The molecule has 0 aliphatic heterocycles. The first kappa shape index (κ1) is 24.9. The van der Waals surface area contributed by atoms with Gasteiger partial charge in [0.15, 0.2) is 5.82 Å². The molecule has 36 heavy (non-hydrogen) atoms. The number of rotatable bonds is 8. The van der Waals surface area contributed by atoms with E-state index in [-0.39, 0.29) is 10.6 Å². The molecule has 0 saturated heterocycles. The molecule has 2 heterocycles. The Hall–Kier alpha value is -4.18. The average molecular weight is 505 g/mol. The molecule has 0 unspecified atom stereocenters. The smallest absolute Gasteiger partial charge is 0.283 e. The lowest BCUT2D eigenvalue weighted by Gasteiger charge is -2.09. The minimum Gasteiger partial charge on any atom is -0.368 e. The molecule has 2 aromatic carbocycles. The first-order valence-corrected chi connectivity index (χ1v) is 12.5. The first-order valence-electron chi connectivity index (χ1n) is 11.1. The number of nitrogens with zero attached hydrogens (tertiary/aromatic N) is 6. The summed E-state index contributed by atoms with van der Waals surface area (Å²) in [4.78, 5) is 10.1. The van der Waals surface area contributed by atoms with Gasteiger partial charge in [-0.1, -0.05) is 35.9 Å². The fraction of sp³-hybridized carbons (Fsp3) is 0.154. The van der Waals surface area contributed by atoms with Gasteiger partial charge in [0, 0.05) is 26.7 Å². The molecule has 0 N–H and O–H groups in total. The van der Waals surface area contributed by atoms with Crippen LogP contribution in [-0.2, 0) is 16.4 Å². The number of benzene rings is 2. The van der Waals surface area contributed by atoms with Gasteiger partial charge in [0.1, 0.15) is 23.7 Å². The van der Waals surface area contributed by atoms with Crippen LogP contribution in [0.3, 0.4) is 0 Å². The van der Waals surface area contributed by atoms with Crippen LogP contribution in [0.5, 0.6) is 0 Å². The van der Waals surface area contributed by atoms with Crippen molar-refractivity contribution in [2.75, 3.05) is 14.1 Å². The van der Waals surface area contributed by atoms with E-state index in [1.54, 1.807) is 32.4 Å². The Morgan fingerprint density at radius 2 is 1.89 bits per heavy atom. The predicted molar refractivity (Wildman–Crippen MR) is 138 cm³/mol. The van der Waals surface area contributed by atoms with E-state index in [4.69, 9.17) is 0 Å². The van der Waals surface area contributed by atoms with Gasteiger partial charge in [0.05, 0.1) is 10.6 Å². The van der Waals surface area contributed by atoms with E-state index in [9.17, 15) is 8.42 Å². The second-order valence-electron chi connectivity index (χ2n) is 8.32. The van der Waals surface area contributed by atoms with Crippen molar-refractivity contribution in [3.8, 4) is 5.69 Å². The number of halogens is 1. The summed E-state index contributed by atoms with van der Waals surface area (Å²) in [7, 11) is -0.766. The van der Waals surface area contributed by atoms with Crippen LogP contribution in [0.15, 0.2) is 76.2 Å². The quantitative estimate of drug-likeness (QED) is 0.264. The van der Waals surface area contributed by atoms with E-state index >= 15 is 4.39 Å². The molecule has 0 aliphatic rings. The Balaban J connectivity index is 1.74. The molecule has 0 radical (unpaired) electrons. The first-order chi connectivity index (χ1) is 17.2. The van der Waals surface area contributed by atoms with Crippen molar-refractivity contribution in [3.63, 3.8) is 0 Å². The van der Waals surface area contributed by atoms with Crippen molar-refractivity contribution >= 4 is 28.5 Å². The number of aromatic nitrogens is 4. The highest BCUT2D eigenvalue weighted by Gasteiger charge is 2.19. The number of hydrogen-bond acceptors (Lipinski definition) is 5. The average Bonchev–Trinajstić information content (AvgIpc) is 3.24. The monoisotopic (exact) mass is 504 g/mol. The van der Waals surface area contributed by atoms with Crippen LogP contribution in [0.4, 0.5) is 4.39 Å². The van der Waals surface area contributed by atoms with Crippen LogP contribution in [0.25, 0.3) is 17.8 Å². The minimum absolute atomic E-state index is 0.0816. The van der Waals surface area contributed by atoms with Crippen molar-refractivity contribution in [2.45, 2.75) is 18.2 Å². The number of hydrogen-bond donors (Lipinski definition) is 0. The van der Waals surface area contributed by atoms with Gasteiger partial charge >= 0.3 is 0 Å². The third-order valence-corrected chi connectivity index (χ3v) is 6.31. The molecule has 0 aliphatic carbocycles. The Morgan fingerprint density at radius 1 is 1.06 bits per heavy atom. The Labute approximate surface area is 209 Å². The third kappa shape index (κ3) is 6.08. The Kier molecular flexibility index (Phi) is 7.35. The number of pyridine rings is 1. The number of aryl methyl sites for hydroxylation is 1. The fourth-order valence-corrected chi connectivity index (χ4v) is 4.34. The summed E-state index contributed by atoms with van der Waals surface area (Å²) in [5.74, 6) is 0.114. The molecule has 0 fully saturated rings. The maximum absolute atomic E-state index is 15.3.